The third-order valence-corrected chi connectivity index (χ3v) is 2.54. The minimum atomic E-state index is -3.11. The summed E-state index contributed by atoms with van der Waals surface area (Å²) >= 11 is 0. The standard InChI is InChI=1S/C12H8FNO5/c1-2-5-14-8-4-3-7(13)6-9(8)19-12(18,10(14)15)11(16)17/h1,3-4,6,18H,5H2,(H,16,17)/t12-/m1/s1. The van der Waals surface area contributed by atoms with E-state index in [2.05, 4.69) is 5.92 Å². The molecule has 0 aromatic heterocycles. The van der Waals surface area contributed by atoms with Gasteiger partial charge < -0.3 is 14.9 Å². The van der Waals surface area contributed by atoms with Gasteiger partial charge in [0, 0.05) is 6.07 Å². The Labute approximate surface area is 107 Å². The van der Waals surface area contributed by atoms with Crippen molar-refractivity contribution in [3.63, 3.8) is 0 Å². The van der Waals surface area contributed by atoms with Crippen LogP contribution in [0.5, 0.6) is 5.75 Å². The number of anilines is 1. The fourth-order valence-electron chi connectivity index (χ4n) is 1.67. The van der Waals surface area contributed by atoms with E-state index in [1.165, 1.54) is 6.07 Å². The van der Waals surface area contributed by atoms with E-state index in [9.17, 15) is 19.1 Å². The second-order valence-corrected chi connectivity index (χ2v) is 3.76. The van der Waals surface area contributed by atoms with Crippen LogP contribution in [0.2, 0.25) is 0 Å². The van der Waals surface area contributed by atoms with Crippen molar-refractivity contribution in [2.75, 3.05) is 11.4 Å². The molecule has 2 N–H and O–H groups in total. The topological polar surface area (TPSA) is 87.1 Å². The number of benzene rings is 1. The lowest BCUT2D eigenvalue weighted by atomic mass is 10.1. The Hall–Kier alpha value is -2.59. The Morgan fingerprint density at radius 2 is 2.26 bits per heavy atom. The van der Waals surface area contributed by atoms with Crippen LogP contribution in [-0.2, 0) is 9.59 Å². The zero-order valence-corrected chi connectivity index (χ0v) is 9.46. The number of terminal acetylenes is 1. The number of carboxylic acids is 1. The molecule has 0 unspecified atom stereocenters. The van der Waals surface area contributed by atoms with E-state index < -0.39 is 23.5 Å². The Kier molecular flexibility index (Phi) is 2.88. The normalized spacial score (nSPS) is 21.3. The maximum atomic E-state index is 13.1. The molecule has 7 heteroatoms. The summed E-state index contributed by atoms with van der Waals surface area (Å²) < 4.78 is 17.8. The first-order valence-electron chi connectivity index (χ1n) is 5.10. The van der Waals surface area contributed by atoms with Crippen LogP contribution in [0.15, 0.2) is 18.2 Å². The number of halogens is 1. The molecule has 1 atom stereocenters. The molecule has 1 aromatic carbocycles. The number of carbonyl (C=O) groups is 2. The summed E-state index contributed by atoms with van der Waals surface area (Å²) in [6.07, 6.45) is 5.09. The second kappa shape index (κ2) is 4.26. The minimum absolute atomic E-state index is 0.0928. The Bertz CT molecular complexity index is 609. The molecule has 2 rings (SSSR count). The lowest BCUT2D eigenvalue weighted by Gasteiger charge is -2.35. The van der Waals surface area contributed by atoms with Crippen LogP contribution < -0.4 is 9.64 Å². The van der Waals surface area contributed by atoms with E-state index in [1.54, 1.807) is 0 Å². The summed E-state index contributed by atoms with van der Waals surface area (Å²) in [5.74, 6) is -5.09. The molecule has 1 amide bonds. The maximum absolute atomic E-state index is 13.1. The Balaban J connectivity index is 2.60. The number of aliphatic hydroxyl groups is 1. The van der Waals surface area contributed by atoms with Gasteiger partial charge in [0.05, 0.1) is 12.2 Å². The summed E-state index contributed by atoms with van der Waals surface area (Å²) in [6, 6.07) is 3.13. The highest BCUT2D eigenvalue weighted by Gasteiger charge is 2.54. The summed E-state index contributed by atoms with van der Waals surface area (Å²) in [5.41, 5.74) is 0.0928. The van der Waals surface area contributed by atoms with Crippen LogP contribution in [0.3, 0.4) is 0 Å². The predicted molar refractivity (Wildman–Crippen MR) is 60.8 cm³/mol. The highest BCUT2D eigenvalue weighted by molar-refractivity contribution is 6.13. The molecule has 0 saturated carbocycles. The number of hydrogen-bond donors (Lipinski definition) is 2. The van der Waals surface area contributed by atoms with Gasteiger partial charge in [-0.05, 0) is 12.1 Å². The van der Waals surface area contributed by atoms with Gasteiger partial charge in [0.25, 0.3) is 0 Å². The first kappa shape index (κ1) is 12.9. The maximum Gasteiger partial charge on any atom is 0.390 e. The first-order valence-corrected chi connectivity index (χ1v) is 5.10. The number of nitrogens with zero attached hydrogens (tertiary/aromatic N) is 1. The number of aliphatic carboxylic acids is 1. The molecule has 0 radical (unpaired) electrons. The third kappa shape index (κ3) is 1.88. The molecule has 1 aliphatic rings. The fraction of sp³-hybridized carbons (Fsp3) is 0.167. The molecule has 6 nitrogen and oxygen atoms in total. The smallest absolute Gasteiger partial charge is 0.390 e. The summed E-state index contributed by atoms with van der Waals surface area (Å²) in [7, 11) is 0. The van der Waals surface area contributed by atoms with Crippen molar-refractivity contribution >= 4 is 17.6 Å². The quantitative estimate of drug-likeness (QED) is 0.578. The number of carbonyl (C=O) groups excluding carboxylic acids is 1. The largest absolute Gasteiger partial charge is 0.476 e. The van der Waals surface area contributed by atoms with Gasteiger partial charge in [0.2, 0.25) is 0 Å². The minimum Gasteiger partial charge on any atom is -0.476 e. The highest BCUT2D eigenvalue weighted by Crippen LogP contribution is 2.37. The van der Waals surface area contributed by atoms with Crippen LogP contribution in [-0.4, -0.2) is 34.4 Å². The van der Waals surface area contributed by atoms with Gasteiger partial charge in [-0.25, -0.2) is 9.18 Å². The predicted octanol–water partition coefficient (Wildman–Crippen LogP) is -0.0425. The van der Waals surface area contributed by atoms with Gasteiger partial charge in [-0.1, -0.05) is 5.92 Å². The summed E-state index contributed by atoms with van der Waals surface area (Å²) in [4.78, 5) is 23.7. The van der Waals surface area contributed by atoms with Gasteiger partial charge in [0.15, 0.2) is 5.75 Å². The lowest BCUT2D eigenvalue weighted by molar-refractivity contribution is -0.197. The highest BCUT2D eigenvalue weighted by atomic mass is 19.1. The van der Waals surface area contributed by atoms with Crippen LogP contribution >= 0.6 is 0 Å². The molecule has 0 saturated heterocycles. The van der Waals surface area contributed by atoms with Gasteiger partial charge in [-0.3, -0.25) is 9.69 Å². The molecular weight excluding hydrogens is 257 g/mol. The van der Waals surface area contributed by atoms with Crippen molar-refractivity contribution in [1.82, 2.24) is 0 Å². The first-order chi connectivity index (χ1) is 8.90. The molecule has 1 aromatic rings. The molecular formula is C12H8FNO5. The van der Waals surface area contributed by atoms with Crippen LogP contribution in [0, 0.1) is 18.2 Å². The van der Waals surface area contributed by atoms with Gasteiger partial charge in [-0.2, -0.15) is 0 Å². The average Bonchev–Trinajstić information content (AvgIpc) is 2.34. The van der Waals surface area contributed by atoms with E-state index in [4.69, 9.17) is 16.3 Å². The van der Waals surface area contributed by atoms with Crippen molar-refractivity contribution in [3.05, 3.63) is 24.0 Å². The molecule has 0 spiro atoms. The molecule has 0 bridgehead atoms. The molecule has 0 aliphatic carbocycles. The zero-order valence-electron chi connectivity index (χ0n) is 9.46. The van der Waals surface area contributed by atoms with Crippen molar-refractivity contribution < 1.29 is 28.9 Å². The molecule has 0 fully saturated rings. The van der Waals surface area contributed by atoms with Crippen molar-refractivity contribution in [1.29, 1.82) is 0 Å². The van der Waals surface area contributed by atoms with Crippen molar-refractivity contribution in [2.24, 2.45) is 0 Å². The monoisotopic (exact) mass is 265 g/mol. The molecule has 98 valence electrons. The second-order valence-electron chi connectivity index (χ2n) is 3.76. The average molecular weight is 265 g/mol. The molecule has 1 heterocycles. The van der Waals surface area contributed by atoms with Gasteiger partial charge in [-0.15, -0.1) is 6.42 Å². The molecule has 19 heavy (non-hydrogen) atoms. The van der Waals surface area contributed by atoms with Crippen LogP contribution in [0.25, 0.3) is 0 Å². The van der Waals surface area contributed by atoms with Crippen molar-refractivity contribution in [3.8, 4) is 18.1 Å². The Morgan fingerprint density at radius 3 is 2.84 bits per heavy atom. The SMILES string of the molecule is C#CCN1C(=O)[C@](O)(C(=O)O)Oc2cc(F)ccc21. The van der Waals surface area contributed by atoms with E-state index in [-0.39, 0.29) is 18.0 Å². The third-order valence-electron chi connectivity index (χ3n) is 2.54. The number of carboxylic acid groups (broad SMARTS) is 1. The van der Waals surface area contributed by atoms with Crippen molar-refractivity contribution in [2.45, 2.75) is 5.79 Å². The number of ether oxygens (including phenoxy) is 1. The number of fused-ring (bicyclic) bond motifs is 1. The van der Waals surface area contributed by atoms with Gasteiger partial charge >= 0.3 is 17.7 Å². The fourth-order valence-corrected chi connectivity index (χ4v) is 1.67. The van der Waals surface area contributed by atoms with E-state index in [0.717, 1.165) is 17.0 Å². The summed E-state index contributed by atoms with van der Waals surface area (Å²) in [6.45, 7) is -0.281. The Morgan fingerprint density at radius 1 is 1.58 bits per heavy atom. The van der Waals surface area contributed by atoms with E-state index in [1.807, 2.05) is 0 Å². The number of hydrogen-bond acceptors (Lipinski definition) is 4. The van der Waals surface area contributed by atoms with Crippen LogP contribution in [0.4, 0.5) is 10.1 Å². The van der Waals surface area contributed by atoms with Gasteiger partial charge in [0.1, 0.15) is 5.82 Å². The lowest BCUT2D eigenvalue weighted by Crippen LogP contribution is -2.61. The number of rotatable bonds is 2. The van der Waals surface area contributed by atoms with Crippen LogP contribution in [0.1, 0.15) is 0 Å². The molecule has 1 aliphatic heterocycles. The zero-order chi connectivity index (χ0) is 14.2. The summed E-state index contributed by atoms with van der Waals surface area (Å²) in [5, 5.41) is 18.6. The number of amides is 1. The van der Waals surface area contributed by atoms with E-state index in [0.29, 0.717) is 0 Å². The van der Waals surface area contributed by atoms with E-state index >= 15 is 0 Å².